The van der Waals surface area contributed by atoms with E-state index in [2.05, 4.69) is 10.2 Å². The summed E-state index contributed by atoms with van der Waals surface area (Å²) in [4.78, 5) is 27.3. The molecule has 5 heteroatoms. The van der Waals surface area contributed by atoms with E-state index in [1.165, 1.54) is 0 Å². The average Bonchev–Trinajstić information content (AvgIpc) is 2.67. The number of carbonyl (C=O) groups excluding carboxylic acids is 2. The number of allylic oxidation sites excluding steroid dienone is 2. The van der Waals surface area contributed by atoms with Crippen molar-refractivity contribution in [3.63, 3.8) is 0 Å². The maximum Gasteiger partial charge on any atom is 0.334 e. The van der Waals surface area contributed by atoms with E-state index < -0.39 is 11.1 Å². The molecule has 1 amide bonds. The van der Waals surface area contributed by atoms with Crippen molar-refractivity contribution in [1.82, 2.24) is 5.32 Å². The van der Waals surface area contributed by atoms with Gasteiger partial charge in [-0.1, -0.05) is 18.2 Å². The van der Waals surface area contributed by atoms with Crippen molar-refractivity contribution in [3.05, 3.63) is 35.2 Å². The summed E-state index contributed by atoms with van der Waals surface area (Å²) in [5.74, 6) is -0.289. The largest absolute Gasteiger partial charge is 0.465 e. The third-order valence-electron chi connectivity index (χ3n) is 4.32. The Morgan fingerprint density at radius 2 is 2.29 bits per heavy atom. The molecule has 21 heavy (non-hydrogen) atoms. The van der Waals surface area contributed by atoms with E-state index in [1.807, 2.05) is 18.2 Å². The molecule has 2 rings (SSSR count). The van der Waals surface area contributed by atoms with Gasteiger partial charge in [-0.05, 0) is 32.6 Å². The van der Waals surface area contributed by atoms with Crippen LogP contribution in [0, 0.1) is 12.0 Å². The number of fused-ring (bicyclic) bond motifs is 1. The van der Waals surface area contributed by atoms with E-state index in [4.69, 9.17) is 11.3 Å². The van der Waals surface area contributed by atoms with Crippen LogP contribution in [0.15, 0.2) is 23.8 Å². The SMILES string of the molecule is [C-]#[N+][C@]1(NC=O)CC=CC[C@@]2(C(=O)OCC)CCCC=C21. The number of ether oxygens (including phenoxy) is 1. The van der Waals surface area contributed by atoms with Crippen molar-refractivity contribution in [2.45, 2.75) is 44.7 Å². The highest BCUT2D eigenvalue weighted by molar-refractivity contribution is 5.82. The minimum atomic E-state index is -1.16. The smallest absolute Gasteiger partial charge is 0.334 e. The molecule has 1 N–H and O–H groups in total. The summed E-state index contributed by atoms with van der Waals surface area (Å²) in [6.45, 7) is 9.66. The van der Waals surface area contributed by atoms with Gasteiger partial charge >= 0.3 is 11.6 Å². The number of hydrogen-bond acceptors (Lipinski definition) is 3. The Labute approximate surface area is 124 Å². The molecule has 2 aliphatic carbocycles. The van der Waals surface area contributed by atoms with Gasteiger partial charge in [-0.15, -0.1) is 0 Å². The maximum absolute atomic E-state index is 12.6. The van der Waals surface area contributed by atoms with Crippen LogP contribution >= 0.6 is 0 Å². The number of amides is 1. The van der Waals surface area contributed by atoms with Gasteiger partial charge in [0.2, 0.25) is 6.41 Å². The van der Waals surface area contributed by atoms with Gasteiger partial charge in [0.15, 0.2) is 0 Å². The van der Waals surface area contributed by atoms with Crippen molar-refractivity contribution < 1.29 is 14.3 Å². The first-order valence-electron chi connectivity index (χ1n) is 7.28. The van der Waals surface area contributed by atoms with Gasteiger partial charge in [0, 0.05) is 0 Å². The van der Waals surface area contributed by atoms with Crippen LogP contribution in [0.3, 0.4) is 0 Å². The van der Waals surface area contributed by atoms with Crippen LogP contribution in [-0.4, -0.2) is 24.6 Å². The Kier molecular flexibility index (Phi) is 4.46. The molecule has 2 aliphatic rings. The van der Waals surface area contributed by atoms with Crippen LogP contribution in [0.2, 0.25) is 0 Å². The zero-order valence-corrected chi connectivity index (χ0v) is 12.2. The summed E-state index contributed by atoms with van der Waals surface area (Å²) in [7, 11) is 0. The molecule has 0 fully saturated rings. The highest BCUT2D eigenvalue weighted by Crippen LogP contribution is 2.49. The van der Waals surface area contributed by atoms with E-state index in [-0.39, 0.29) is 5.97 Å². The second-order valence-electron chi connectivity index (χ2n) is 5.43. The minimum Gasteiger partial charge on any atom is -0.465 e. The molecule has 5 nitrogen and oxygen atoms in total. The van der Waals surface area contributed by atoms with E-state index in [9.17, 15) is 9.59 Å². The minimum absolute atomic E-state index is 0.289. The first-order valence-corrected chi connectivity index (χ1v) is 7.28. The van der Waals surface area contributed by atoms with Crippen molar-refractivity contribution in [3.8, 4) is 0 Å². The lowest BCUT2D eigenvalue weighted by atomic mass is 9.66. The highest BCUT2D eigenvalue weighted by atomic mass is 16.5. The molecule has 0 aromatic rings. The Bertz CT molecular complexity index is 532. The summed E-state index contributed by atoms with van der Waals surface area (Å²) in [5, 5.41) is 2.65. The molecule has 0 aromatic heterocycles. The second kappa shape index (κ2) is 6.13. The Morgan fingerprint density at radius 1 is 1.52 bits per heavy atom. The van der Waals surface area contributed by atoms with Crippen molar-refractivity contribution in [2.24, 2.45) is 5.41 Å². The summed E-state index contributed by atoms with van der Waals surface area (Å²) < 4.78 is 5.28. The molecule has 0 saturated heterocycles. The van der Waals surface area contributed by atoms with Crippen LogP contribution in [0.4, 0.5) is 0 Å². The topological polar surface area (TPSA) is 59.8 Å². The highest BCUT2D eigenvalue weighted by Gasteiger charge is 2.56. The first kappa shape index (κ1) is 15.3. The fourth-order valence-corrected chi connectivity index (χ4v) is 3.34. The molecular formula is C16H20N2O3. The second-order valence-corrected chi connectivity index (χ2v) is 5.43. The normalized spacial score (nSPS) is 31.1. The van der Waals surface area contributed by atoms with E-state index >= 15 is 0 Å². The molecule has 2 atom stereocenters. The monoisotopic (exact) mass is 288 g/mol. The molecule has 0 aliphatic heterocycles. The van der Waals surface area contributed by atoms with Gasteiger partial charge in [0.1, 0.15) is 5.41 Å². The van der Waals surface area contributed by atoms with Gasteiger partial charge in [0.25, 0.3) is 0 Å². The summed E-state index contributed by atoms with van der Waals surface area (Å²) >= 11 is 0. The van der Waals surface area contributed by atoms with E-state index in [0.29, 0.717) is 37.9 Å². The van der Waals surface area contributed by atoms with Crippen LogP contribution in [0.5, 0.6) is 0 Å². The lowest BCUT2D eigenvalue weighted by molar-refractivity contribution is -0.154. The Balaban J connectivity index is 2.56. The van der Waals surface area contributed by atoms with Gasteiger partial charge in [-0.3, -0.25) is 19.8 Å². The van der Waals surface area contributed by atoms with Crippen LogP contribution in [0.25, 0.3) is 4.85 Å². The quantitative estimate of drug-likeness (QED) is 0.374. The summed E-state index contributed by atoms with van der Waals surface area (Å²) in [6.07, 6.45) is 9.53. The molecule has 0 unspecified atom stereocenters. The number of esters is 1. The third kappa shape index (κ3) is 2.46. The van der Waals surface area contributed by atoms with Gasteiger partial charge in [-0.25, -0.2) is 6.57 Å². The fourth-order valence-electron chi connectivity index (χ4n) is 3.34. The van der Waals surface area contributed by atoms with E-state index in [1.54, 1.807) is 6.92 Å². The van der Waals surface area contributed by atoms with Crippen LogP contribution in [0.1, 0.15) is 39.0 Å². The predicted octanol–water partition coefficient (Wildman–Crippen LogP) is 2.36. The van der Waals surface area contributed by atoms with Crippen molar-refractivity contribution in [2.75, 3.05) is 6.61 Å². The number of nitrogens with zero attached hydrogens (tertiary/aromatic N) is 1. The standard InChI is InChI=1S/C16H20N2O3/c1-3-21-14(20)15-9-5-4-8-13(15)16(17-2,18-12-19)11-7-6-10-15/h6-8,12H,3-5,9-11H2,1H3,(H,18,19)/t15-,16-/m0/s1. The lowest BCUT2D eigenvalue weighted by Gasteiger charge is -2.38. The van der Waals surface area contributed by atoms with Gasteiger partial charge < -0.3 is 4.74 Å². The number of rotatable bonds is 4. The molecule has 112 valence electrons. The van der Waals surface area contributed by atoms with Crippen LogP contribution in [-0.2, 0) is 14.3 Å². The van der Waals surface area contributed by atoms with Crippen molar-refractivity contribution in [1.29, 1.82) is 0 Å². The lowest BCUT2D eigenvalue weighted by Crippen LogP contribution is -2.51. The molecule has 0 spiro atoms. The van der Waals surface area contributed by atoms with Gasteiger partial charge in [-0.2, -0.15) is 0 Å². The average molecular weight is 288 g/mol. The molecule has 0 saturated carbocycles. The summed E-state index contributed by atoms with van der Waals surface area (Å²) in [6, 6.07) is 0. The number of carbonyl (C=O) groups is 2. The van der Waals surface area contributed by atoms with E-state index in [0.717, 1.165) is 12.8 Å². The fraction of sp³-hybridized carbons (Fsp3) is 0.562. The molecule has 0 heterocycles. The van der Waals surface area contributed by atoms with Crippen LogP contribution < -0.4 is 5.32 Å². The Hall–Kier alpha value is -2.09. The predicted molar refractivity (Wildman–Crippen MR) is 77.9 cm³/mol. The third-order valence-corrected chi connectivity index (χ3v) is 4.32. The first-order chi connectivity index (χ1) is 10.1. The Morgan fingerprint density at radius 3 is 2.95 bits per heavy atom. The molecular weight excluding hydrogens is 268 g/mol. The number of hydrogen-bond donors (Lipinski definition) is 1. The van der Waals surface area contributed by atoms with Gasteiger partial charge in [0.05, 0.1) is 18.6 Å². The van der Waals surface area contributed by atoms with Crippen molar-refractivity contribution >= 4 is 12.4 Å². The molecule has 0 aromatic carbocycles. The summed E-state index contributed by atoms with van der Waals surface area (Å²) in [5.41, 5.74) is -1.28. The molecule has 0 bridgehead atoms. The maximum atomic E-state index is 12.6. The number of nitrogens with one attached hydrogen (secondary N) is 1. The molecule has 0 radical (unpaired) electrons. The zero-order chi connectivity index (χ0) is 15.3. The zero-order valence-electron chi connectivity index (χ0n) is 12.2.